The van der Waals surface area contributed by atoms with Crippen molar-refractivity contribution in [2.45, 2.75) is 45.2 Å². The Morgan fingerprint density at radius 1 is 1.03 bits per heavy atom. The summed E-state index contributed by atoms with van der Waals surface area (Å²) in [6.45, 7) is 8.28. The summed E-state index contributed by atoms with van der Waals surface area (Å²) < 4.78 is 11.1. The van der Waals surface area contributed by atoms with Crippen molar-refractivity contribution in [1.29, 1.82) is 0 Å². The molecule has 0 aromatic heterocycles. The number of rotatable bonds is 6. The lowest BCUT2D eigenvalue weighted by molar-refractivity contribution is -0.135. The van der Waals surface area contributed by atoms with Gasteiger partial charge in [0, 0.05) is 0 Å². The van der Waals surface area contributed by atoms with Gasteiger partial charge in [-0.25, -0.2) is 4.79 Å². The largest absolute Gasteiger partial charge is 0.486 e. The molecule has 2 heterocycles. The third-order valence-electron chi connectivity index (χ3n) is 6.18. The maximum Gasteiger partial charge on any atom is 0.325 e. The zero-order valence-corrected chi connectivity index (χ0v) is 19.3. The Morgan fingerprint density at radius 3 is 2.33 bits per heavy atom. The van der Waals surface area contributed by atoms with Crippen LogP contribution >= 0.6 is 0 Å². The van der Waals surface area contributed by atoms with E-state index in [0.29, 0.717) is 36.2 Å². The molecule has 2 N–H and O–H groups in total. The van der Waals surface area contributed by atoms with Crippen LogP contribution < -0.4 is 20.1 Å². The monoisotopic (exact) mass is 451 g/mol. The highest BCUT2D eigenvalue weighted by molar-refractivity contribution is 6.09. The number of carbonyl (C=O) groups excluding carboxylic acids is 3. The zero-order chi connectivity index (χ0) is 23.8. The zero-order valence-electron chi connectivity index (χ0n) is 19.3. The normalized spacial score (nSPS) is 20.6. The summed E-state index contributed by atoms with van der Waals surface area (Å²) in [7, 11) is 0. The molecule has 33 heavy (non-hydrogen) atoms. The number of carbonyl (C=O) groups is 3. The number of hydrogen-bond donors (Lipinski definition) is 2. The number of hydrogen-bond acceptors (Lipinski definition) is 5. The molecule has 1 fully saturated rings. The van der Waals surface area contributed by atoms with E-state index in [2.05, 4.69) is 24.5 Å². The van der Waals surface area contributed by atoms with Crippen LogP contribution in [0.15, 0.2) is 42.5 Å². The highest BCUT2D eigenvalue weighted by atomic mass is 16.6. The Morgan fingerprint density at radius 2 is 1.67 bits per heavy atom. The average molecular weight is 452 g/mol. The lowest BCUT2D eigenvalue weighted by Gasteiger charge is -2.23. The van der Waals surface area contributed by atoms with Gasteiger partial charge in [-0.2, -0.15) is 0 Å². The molecule has 2 aromatic carbocycles. The summed E-state index contributed by atoms with van der Waals surface area (Å²) in [5.41, 5.74) is 1.44. The first kappa shape index (κ1) is 22.6. The SMILES string of the molecule is CC(C)c1ccc([C@]2(C)NC(=O)N(CC(=O)N[C@@H](C)c3ccc4c(c3)OCCO4)C2=O)cc1. The first-order chi connectivity index (χ1) is 15.7. The molecule has 0 unspecified atom stereocenters. The Hall–Kier alpha value is -3.55. The number of nitrogens with one attached hydrogen (secondary N) is 2. The molecular weight excluding hydrogens is 422 g/mol. The van der Waals surface area contributed by atoms with Crippen LogP contribution in [-0.2, 0) is 15.1 Å². The Labute approximate surface area is 193 Å². The van der Waals surface area contributed by atoms with Crippen LogP contribution in [0.4, 0.5) is 4.79 Å². The fraction of sp³-hybridized carbons (Fsp3) is 0.400. The van der Waals surface area contributed by atoms with Crippen molar-refractivity contribution in [1.82, 2.24) is 15.5 Å². The Bertz CT molecular complexity index is 1080. The van der Waals surface area contributed by atoms with E-state index in [0.717, 1.165) is 16.0 Å². The Balaban J connectivity index is 1.42. The topological polar surface area (TPSA) is 97.0 Å². The number of nitrogens with zero attached hydrogens (tertiary/aromatic N) is 1. The van der Waals surface area contributed by atoms with Crippen molar-refractivity contribution in [3.05, 3.63) is 59.2 Å². The third kappa shape index (κ3) is 4.37. The van der Waals surface area contributed by atoms with E-state index in [9.17, 15) is 14.4 Å². The molecule has 4 amide bonds. The van der Waals surface area contributed by atoms with Crippen LogP contribution in [-0.4, -0.2) is 42.5 Å². The summed E-state index contributed by atoms with van der Waals surface area (Å²) in [5, 5.41) is 5.60. The first-order valence-corrected chi connectivity index (χ1v) is 11.1. The lowest BCUT2D eigenvalue weighted by atomic mass is 9.90. The van der Waals surface area contributed by atoms with Crippen molar-refractivity contribution >= 4 is 17.8 Å². The van der Waals surface area contributed by atoms with Crippen LogP contribution in [0.2, 0.25) is 0 Å². The lowest BCUT2D eigenvalue weighted by Crippen LogP contribution is -2.43. The average Bonchev–Trinajstić information content (AvgIpc) is 3.02. The highest BCUT2D eigenvalue weighted by Gasteiger charge is 2.49. The second-order valence-electron chi connectivity index (χ2n) is 8.92. The number of imide groups is 1. The van der Waals surface area contributed by atoms with Crippen molar-refractivity contribution < 1.29 is 23.9 Å². The van der Waals surface area contributed by atoms with Gasteiger partial charge in [0.1, 0.15) is 25.3 Å². The molecule has 0 saturated carbocycles. The van der Waals surface area contributed by atoms with Crippen molar-refractivity contribution in [3.63, 3.8) is 0 Å². The molecule has 2 aliphatic rings. The van der Waals surface area contributed by atoms with Crippen LogP contribution in [0.3, 0.4) is 0 Å². The van der Waals surface area contributed by atoms with Gasteiger partial charge in [-0.1, -0.05) is 44.2 Å². The van der Waals surface area contributed by atoms with Gasteiger partial charge < -0.3 is 20.1 Å². The third-order valence-corrected chi connectivity index (χ3v) is 6.18. The number of fused-ring (bicyclic) bond motifs is 1. The highest BCUT2D eigenvalue weighted by Crippen LogP contribution is 2.33. The minimum absolute atomic E-state index is 0.343. The van der Waals surface area contributed by atoms with Gasteiger partial charge in [-0.05, 0) is 48.6 Å². The van der Waals surface area contributed by atoms with Gasteiger partial charge in [0.2, 0.25) is 5.91 Å². The molecule has 2 aliphatic heterocycles. The molecule has 174 valence electrons. The number of ether oxygens (including phenoxy) is 2. The summed E-state index contributed by atoms with van der Waals surface area (Å²) in [6.07, 6.45) is 0. The van der Waals surface area contributed by atoms with E-state index >= 15 is 0 Å². The summed E-state index contributed by atoms with van der Waals surface area (Å²) in [5.74, 6) is 0.779. The first-order valence-electron chi connectivity index (χ1n) is 11.1. The second kappa shape index (κ2) is 8.77. The molecule has 8 nitrogen and oxygen atoms in total. The molecule has 0 aliphatic carbocycles. The minimum Gasteiger partial charge on any atom is -0.486 e. The molecule has 2 atom stereocenters. The predicted molar refractivity (Wildman–Crippen MR) is 122 cm³/mol. The van der Waals surface area contributed by atoms with Gasteiger partial charge in [-0.15, -0.1) is 0 Å². The van der Waals surface area contributed by atoms with E-state index in [-0.39, 0.29) is 12.6 Å². The Kier molecular flexibility index (Phi) is 6.01. The van der Waals surface area contributed by atoms with E-state index in [1.807, 2.05) is 43.3 Å². The molecule has 0 radical (unpaired) electrons. The van der Waals surface area contributed by atoms with Gasteiger partial charge in [0.15, 0.2) is 11.5 Å². The summed E-state index contributed by atoms with van der Waals surface area (Å²) >= 11 is 0. The van der Waals surface area contributed by atoms with Crippen molar-refractivity contribution in [2.24, 2.45) is 0 Å². The van der Waals surface area contributed by atoms with Gasteiger partial charge in [0.05, 0.1) is 6.04 Å². The summed E-state index contributed by atoms with van der Waals surface area (Å²) in [4.78, 5) is 39.4. The fourth-order valence-corrected chi connectivity index (χ4v) is 4.08. The molecule has 0 spiro atoms. The molecule has 8 heteroatoms. The summed E-state index contributed by atoms with van der Waals surface area (Å²) in [6, 6.07) is 12.2. The predicted octanol–water partition coefficient (Wildman–Crippen LogP) is 3.23. The maximum atomic E-state index is 13.1. The van der Waals surface area contributed by atoms with Crippen LogP contribution in [0.1, 0.15) is 56.3 Å². The quantitative estimate of drug-likeness (QED) is 0.658. The van der Waals surface area contributed by atoms with E-state index in [1.165, 1.54) is 0 Å². The molecular formula is C25H29N3O5. The second-order valence-corrected chi connectivity index (χ2v) is 8.92. The van der Waals surface area contributed by atoms with Crippen molar-refractivity contribution in [2.75, 3.05) is 19.8 Å². The van der Waals surface area contributed by atoms with Gasteiger partial charge in [-0.3, -0.25) is 14.5 Å². The standard InChI is InChI=1S/C25H29N3O5/c1-15(2)17-5-8-19(9-6-17)25(4)23(30)28(24(31)27-25)14-22(29)26-16(3)18-7-10-20-21(13-18)33-12-11-32-20/h5-10,13,15-16H,11-12,14H2,1-4H3,(H,26,29)(H,27,31)/t16-,25-/m0/s1. The van der Waals surface area contributed by atoms with Gasteiger partial charge >= 0.3 is 6.03 Å². The molecule has 1 saturated heterocycles. The van der Waals surface area contributed by atoms with Crippen LogP contribution in [0.5, 0.6) is 11.5 Å². The molecule has 4 rings (SSSR count). The van der Waals surface area contributed by atoms with E-state index < -0.39 is 23.4 Å². The molecule has 2 aromatic rings. The number of amides is 4. The molecule has 0 bridgehead atoms. The van der Waals surface area contributed by atoms with Crippen molar-refractivity contribution in [3.8, 4) is 11.5 Å². The van der Waals surface area contributed by atoms with E-state index in [1.54, 1.807) is 13.0 Å². The fourth-order valence-electron chi connectivity index (χ4n) is 4.08. The number of urea groups is 1. The van der Waals surface area contributed by atoms with Crippen LogP contribution in [0, 0.1) is 0 Å². The van der Waals surface area contributed by atoms with Gasteiger partial charge in [0.25, 0.3) is 5.91 Å². The van der Waals surface area contributed by atoms with E-state index in [4.69, 9.17) is 9.47 Å². The minimum atomic E-state index is -1.21. The number of benzene rings is 2. The van der Waals surface area contributed by atoms with Crippen LogP contribution in [0.25, 0.3) is 0 Å². The maximum absolute atomic E-state index is 13.1. The smallest absolute Gasteiger partial charge is 0.325 e.